The Hall–Kier alpha value is -4.11. The summed E-state index contributed by atoms with van der Waals surface area (Å²) in [5.41, 5.74) is -0.521. The average molecular weight is 759 g/mol. The number of nitrogens with one attached hydrogen (secondary N) is 3. The molecular formula is C37H54F4N4O8. The van der Waals surface area contributed by atoms with Crippen LogP contribution in [0.5, 0.6) is 5.75 Å². The molecule has 12 nitrogen and oxygen atoms in total. The zero-order valence-corrected chi connectivity index (χ0v) is 31.1. The molecule has 5 atom stereocenters. The number of amides is 4. The van der Waals surface area contributed by atoms with Crippen molar-refractivity contribution < 1.29 is 56.1 Å². The standard InChI is InChI=1S/C37H54F4N4O8/c1-6-28(36(49)50)53-29-13-12-25(38)24(31(29)41)14-15-42-33(46)26(17-30(39)40)43-34(47)27-16-23(22-10-8-7-9-11-22)18-45(27)35(48)32(21(4)5)44-37(51)52-19-20(2)3/h12-13,20-23,26-28,30,32H,6-11,14-19H2,1-5H3,(H,42,46)(H,43,47)(H,44,51)(H,49,50)/t23-,26+,27+,28?,32+/m1/s1. The number of alkyl halides is 2. The fraction of sp³-hybridized carbons (Fsp3) is 0.703. The van der Waals surface area contributed by atoms with E-state index in [4.69, 9.17) is 9.47 Å². The number of halogens is 4. The van der Waals surface area contributed by atoms with Crippen LogP contribution < -0.4 is 20.7 Å². The number of aliphatic carboxylic acids is 1. The van der Waals surface area contributed by atoms with Crippen LogP contribution in [-0.2, 0) is 30.3 Å². The number of likely N-dealkylation sites (tertiary alicyclic amines) is 1. The number of nitrogens with zero attached hydrogens (tertiary/aromatic N) is 1. The van der Waals surface area contributed by atoms with E-state index in [1.165, 1.54) is 11.8 Å². The molecule has 2 fully saturated rings. The van der Waals surface area contributed by atoms with Crippen LogP contribution in [0.3, 0.4) is 0 Å². The zero-order chi connectivity index (χ0) is 39.4. The number of hydrogen-bond acceptors (Lipinski definition) is 7. The number of ether oxygens (including phenoxy) is 2. The fourth-order valence-electron chi connectivity index (χ4n) is 6.88. The Labute approximate surface area is 308 Å². The summed E-state index contributed by atoms with van der Waals surface area (Å²) in [5.74, 6) is -6.54. The third-order valence-electron chi connectivity index (χ3n) is 9.78. The molecule has 1 aliphatic carbocycles. The quantitative estimate of drug-likeness (QED) is 0.148. The summed E-state index contributed by atoms with van der Waals surface area (Å²) in [5, 5.41) is 16.6. The van der Waals surface area contributed by atoms with Gasteiger partial charge in [-0.1, -0.05) is 66.7 Å². The van der Waals surface area contributed by atoms with Crippen LogP contribution in [0.25, 0.3) is 0 Å². The molecule has 1 saturated carbocycles. The van der Waals surface area contributed by atoms with Crippen molar-refractivity contribution in [3.05, 3.63) is 29.3 Å². The summed E-state index contributed by atoms with van der Waals surface area (Å²) in [7, 11) is 0. The number of alkyl carbamates (subject to hydrolysis) is 1. The Morgan fingerprint density at radius 3 is 2.25 bits per heavy atom. The van der Waals surface area contributed by atoms with Crippen molar-refractivity contribution >= 4 is 29.8 Å². The summed E-state index contributed by atoms with van der Waals surface area (Å²) >= 11 is 0. The Balaban J connectivity index is 1.77. The third-order valence-corrected chi connectivity index (χ3v) is 9.78. The van der Waals surface area contributed by atoms with Gasteiger partial charge in [-0.2, -0.15) is 0 Å². The Kier molecular flexibility index (Phi) is 16.6. The van der Waals surface area contributed by atoms with Crippen molar-refractivity contribution in [3.63, 3.8) is 0 Å². The maximum atomic E-state index is 15.1. The molecule has 2 aliphatic rings. The molecule has 0 bridgehead atoms. The number of benzene rings is 1. The second-order valence-electron chi connectivity index (χ2n) is 14.7. The van der Waals surface area contributed by atoms with Gasteiger partial charge in [-0.15, -0.1) is 0 Å². The minimum atomic E-state index is -3.02. The summed E-state index contributed by atoms with van der Waals surface area (Å²) in [6.45, 7) is 8.62. The predicted octanol–water partition coefficient (Wildman–Crippen LogP) is 5.21. The van der Waals surface area contributed by atoms with Crippen LogP contribution >= 0.6 is 0 Å². The number of rotatable bonds is 18. The van der Waals surface area contributed by atoms with E-state index in [1.807, 2.05) is 13.8 Å². The van der Waals surface area contributed by atoms with E-state index in [2.05, 4.69) is 16.0 Å². The lowest BCUT2D eigenvalue weighted by molar-refractivity contribution is -0.145. The van der Waals surface area contributed by atoms with Gasteiger partial charge in [0.15, 0.2) is 17.7 Å². The van der Waals surface area contributed by atoms with Crippen molar-refractivity contribution in [1.29, 1.82) is 0 Å². The second kappa shape index (κ2) is 20.4. The minimum Gasteiger partial charge on any atom is -0.479 e. The van der Waals surface area contributed by atoms with Gasteiger partial charge in [-0.25, -0.2) is 27.2 Å². The first-order chi connectivity index (χ1) is 25.0. The molecule has 1 aliphatic heterocycles. The number of carboxylic acids is 1. The van der Waals surface area contributed by atoms with Crippen LogP contribution in [0.1, 0.15) is 91.5 Å². The van der Waals surface area contributed by atoms with E-state index in [1.54, 1.807) is 13.8 Å². The molecule has 1 saturated heterocycles. The van der Waals surface area contributed by atoms with Gasteiger partial charge in [0.2, 0.25) is 24.1 Å². The van der Waals surface area contributed by atoms with Gasteiger partial charge < -0.3 is 35.4 Å². The SMILES string of the molecule is CCC(Oc1ccc(F)c(CCNC(=O)[C@H](CC(F)F)NC(=O)[C@@H]2C[C@@H](C3CCCCC3)CN2C(=O)[C@@H](NC(=O)OCC(C)C)C(C)C)c1F)C(=O)O. The van der Waals surface area contributed by atoms with E-state index < -0.39 is 109 Å². The molecule has 3 rings (SSSR count). The van der Waals surface area contributed by atoms with Gasteiger partial charge in [-0.05, 0) is 55.1 Å². The first-order valence-electron chi connectivity index (χ1n) is 18.5. The molecule has 1 heterocycles. The Bertz CT molecular complexity index is 1430. The highest BCUT2D eigenvalue weighted by Gasteiger charge is 2.45. The third kappa shape index (κ3) is 12.5. The molecular weight excluding hydrogens is 704 g/mol. The summed E-state index contributed by atoms with van der Waals surface area (Å²) < 4.78 is 67.6. The van der Waals surface area contributed by atoms with Gasteiger partial charge in [0, 0.05) is 25.1 Å². The fourth-order valence-corrected chi connectivity index (χ4v) is 6.88. The Morgan fingerprint density at radius 2 is 1.66 bits per heavy atom. The van der Waals surface area contributed by atoms with E-state index in [0.29, 0.717) is 0 Å². The van der Waals surface area contributed by atoms with Crippen LogP contribution in [-0.4, -0.2) is 90.1 Å². The monoisotopic (exact) mass is 758 g/mol. The molecule has 4 amide bonds. The molecule has 0 radical (unpaired) electrons. The van der Waals surface area contributed by atoms with Crippen molar-refractivity contribution in [2.24, 2.45) is 23.7 Å². The number of hydrogen-bond donors (Lipinski definition) is 4. The molecule has 298 valence electrons. The molecule has 1 unspecified atom stereocenters. The maximum Gasteiger partial charge on any atom is 0.407 e. The molecule has 53 heavy (non-hydrogen) atoms. The lowest BCUT2D eigenvalue weighted by atomic mass is 9.79. The van der Waals surface area contributed by atoms with Gasteiger partial charge in [0.25, 0.3) is 0 Å². The smallest absolute Gasteiger partial charge is 0.407 e. The van der Waals surface area contributed by atoms with Crippen LogP contribution in [0.2, 0.25) is 0 Å². The number of carbonyl (C=O) groups is 5. The van der Waals surface area contributed by atoms with E-state index >= 15 is 4.39 Å². The van der Waals surface area contributed by atoms with Crippen molar-refractivity contribution in [1.82, 2.24) is 20.9 Å². The first-order valence-corrected chi connectivity index (χ1v) is 18.5. The van der Waals surface area contributed by atoms with Crippen LogP contribution in [0.15, 0.2) is 12.1 Å². The maximum absolute atomic E-state index is 15.1. The van der Waals surface area contributed by atoms with E-state index in [9.17, 15) is 42.3 Å². The summed E-state index contributed by atoms with van der Waals surface area (Å²) in [4.78, 5) is 66.4. The summed E-state index contributed by atoms with van der Waals surface area (Å²) in [6.07, 6.45) is -1.52. The molecule has 16 heteroatoms. The molecule has 0 aromatic heterocycles. The van der Waals surface area contributed by atoms with Gasteiger partial charge >= 0.3 is 12.1 Å². The molecule has 0 spiro atoms. The van der Waals surface area contributed by atoms with Gasteiger partial charge in [0.05, 0.1) is 6.61 Å². The molecule has 1 aromatic rings. The van der Waals surface area contributed by atoms with Crippen LogP contribution in [0, 0.1) is 35.3 Å². The highest BCUT2D eigenvalue weighted by atomic mass is 19.3. The predicted molar refractivity (Wildman–Crippen MR) is 186 cm³/mol. The highest BCUT2D eigenvalue weighted by Crippen LogP contribution is 2.38. The second-order valence-corrected chi connectivity index (χ2v) is 14.7. The van der Waals surface area contributed by atoms with Gasteiger partial charge in [-0.3, -0.25) is 14.4 Å². The summed E-state index contributed by atoms with van der Waals surface area (Å²) in [6, 6.07) is -2.07. The highest BCUT2D eigenvalue weighted by molar-refractivity contribution is 5.94. The number of carboxylic acid groups (broad SMARTS) is 1. The zero-order valence-electron chi connectivity index (χ0n) is 31.1. The number of carbonyl (C=O) groups excluding carboxylic acids is 4. The first kappa shape index (κ1) is 43.3. The van der Waals surface area contributed by atoms with Crippen molar-refractivity contribution in [3.8, 4) is 5.75 Å². The normalized spacial score (nSPS) is 19.5. The molecule has 4 N–H and O–H groups in total. The lowest BCUT2D eigenvalue weighted by Crippen LogP contribution is -2.57. The molecule has 1 aromatic carbocycles. The van der Waals surface area contributed by atoms with E-state index in [0.717, 1.165) is 44.2 Å². The topological polar surface area (TPSA) is 163 Å². The average Bonchev–Trinajstić information content (AvgIpc) is 3.56. The van der Waals surface area contributed by atoms with E-state index in [-0.39, 0.29) is 43.7 Å². The van der Waals surface area contributed by atoms with Crippen molar-refractivity contribution in [2.45, 2.75) is 123 Å². The van der Waals surface area contributed by atoms with Crippen molar-refractivity contribution in [2.75, 3.05) is 19.7 Å². The van der Waals surface area contributed by atoms with Gasteiger partial charge in [0.1, 0.15) is 23.9 Å². The minimum absolute atomic E-state index is 0.00503. The lowest BCUT2D eigenvalue weighted by Gasteiger charge is -2.31. The van der Waals surface area contributed by atoms with Crippen LogP contribution in [0.4, 0.5) is 22.4 Å². The largest absolute Gasteiger partial charge is 0.479 e. The Morgan fingerprint density at radius 1 is 0.981 bits per heavy atom.